The Bertz CT molecular complexity index is 600. The number of thiophene rings is 1. The van der Waals surface area contributed by atoms with Gasteiger partial charge in [0.05, 0.1) is 18.7 Å². The lowest BCUT2D eigenvalue weighted by Gasteiger charge is -2.13. The van der Waals surface area contributed by atoms with Crippen LogP contribution in [-0.2, 0) is 6.54 Å². The zero-order chi connectivity index (χ0) is 11.9. The molecule has 3 N–H and O–H groups in total. The first-order chi connectivity index (χ1) is 8.22. The second kappa shape index (κ2) is 3.90. The van der Waals surface area contributed by atoms with Gasteiger partial charge in [-0.2, -0.15) is 0 Å². The number of nitrogens with one attached hydrogen (secondary N) is 2. The molecular formula is C11H13N3O2S. The maximum atomic E-state index is 11.7. The Hall–Kier alpha value is -1.24. The third kappa shape index (κ3) is 1.99. The first kappa shape index (κ1) is 10.9. The first-order valence-corrected chi connectivity index (χ1v) is 6.43. The van der Waals surface area contributed by atoms with Crippen molar-refractivity contribution < 1.29 is 5.11 Å². The molecule has 17 heavy (non-hydrogen) atoms. The van der Waals surface area contributed by atoms with Crippen LogP contribution in [0, 0.1) is 0 Å². The number of aromatic amines is 1. The van der Waals surface area contributed by atoms with Crippen molar-refractivity contribution in [1.29, 1.82) is 0 Å². The number of aliphatic hydroxyl groups is 1. The Balaban J connectivity index is 1.83. The third-order valence-corrected chi connectivity index (χ3v) is 4.05. The average molecular weight is 251 g/mol. The summed E-state index contributed by atoms with van der Waals surface area (Å²) in [5.41, 5.74) is 0.516. The van der Waals surface area contributed by atoms with E-state index in [1.54, 1.807) is 0 Å². The van der Waals surface area contributed by atoms with Crippen molar-refractivity contribution in [3.8, 4) is 0 Å². The van der Waals surface area contributed by atoms with E-state index in [0.29, 0.717) is 17.1 Å². The summed E-state index contributed by atoms with van der Waals surface area (Å²) in [5, 5.41) is 14.3. The van der Waals surface area contributed by atoms with Crippen LogP contribution in [0.4, 0.5) is 0 Å². The summed E-state index contributed by atoms with van der Waals surface area (Å²) in [4.78, 5) is 18.8. The highest BCUT2D eigenvalue weighted by atomic mass is 32.1. The van der Waals surface area contributed by atoms with Crippen LogP contribution in [0.5, 0.6) is 0 Å². The van der Waals surface area contributed by atoms with Gasteiger partial charge >= 0.3 is 0 Å². The quantitative estimate of drug-likeness (QED) is 0.743. The lowest BCUT2D eigenvalue weighted by atomic mass is 10.3. The first-order valence-electron chi connectivity index (χ1n) is 5.55. The van der Waals surface area contributed by atoms with E-state index < -0.39 is 0 Å². The Kier molecular flexibility index (Phi) is 2.50. The van der Waals surface area contributed by atoms with Crippen molar-refractivity contribution in [1.82, 2.24) is 15.3 Å². The van der Waals surface area contributed by atoms with Crippen LogP contribution in [0.15, 0.2) is 16.2 Å². The highest BCUT2D eigenvalue weighted by molar-refractivity contribution is 7.17. The van der Waals surface area contributed by atoms with Crippen LogP contribution in [0.25, 0.3) is 10.2 Å². The second-order valence-electron chi connectivity index (χ2n) is 4.44. The topological polar surface area (TPSA) is 78.0 Å². The van der Waals surface area contributed by atoms with Gasteiger partial charge in [-0.15, -0.1) is 11.3 Å². The third-order valence-electron chi connectivity index (χ3n) is 3.15. The van der Waals surface area contributed by atoms with Gasteiger partial charge in [0, 0.05) is 5.54 Å². The Morgan fingerprint density at radius 3 is 3.12 bits per heavy atom. The van der Waals surface area contributed by atoms with E-state index in [-0.39, 0.29) is 17.7 Å². The van der Waals surface area contributed by atoms with E-state index in [2.05, 4.69) is 15.3 Å². The SMILES string of the molecule is O=c1[nH]c(CNC2(CO)CC2)nc2ccsc12. The highest BCUT2D eigenvalue weighted by Gasteiger charge is 2.41. The molecule has 3 rings (SSSR count). The predicted octanol–water partition coefficient (Wildman–Crippen LogP) is 0.599. The number of aromatic nitrogens is 2. The number of hydrogen-bond donors (Lipinski definition) is 3. The Morgan fingerprint density at radius 1 is 1.59 bits per heavy atom. The zero-order valence-corrected chi connectivity index (χ0v) is 10.0. The van der Waals surface area contributed by atoms with Crippen molar-refractivity contribution in [2.75, 3.05) is 6.61 Å². The van der Waals surface area contributed by atoms with Crippen LogP contribution < -0.4 is 10.9 Å². The number of rotatable bonds is 4. The lowest BCUT2D eigenvalue weighted by Crippen LogP contribution is -2.35. The van der Waals surface area contributed by atoms with Crippen LogP contribution >= 0.6 is 11.3 Å². The molecule has 1 fully saturated rings. The molecule has 0 atom stereocenters. The fraction of sp³-hybridized carbons (Fsp3) is 0.455. The van der Waals surface area contributed by atoms with Gasteiger partial charge in [0.25, 0.3) is 5.56 Å². The van der Waals surface area contributed by atoms with E-state index in [1.165, 1.54) is 11.3 Å². The number of hydrogen-bond acceptors (Lipinski definition) is 5. The molecule has 0 spiro atoms. The van der Waals surface area contributed by atoms with Gasteiger partial charge in [-0.1, -0.05) is 0 Å². The monoisotopic (exact) mass is 251 g/mol. The zero-order valence-electron chi connectivity index (χ0n) is 9.19. The van der Waals surface area contributed by atoms with Crippen molar-refractivity contribution in [3.05, 3.63) is 27.6 Å². The van der Waals surface area contributed by atoms with Crippen LogP contribution in [-0.4, -0.2) is 27.2 Å². The molecule has 1 aliphatic rings. The molecule has 2 aromatic heterocycles. The fourth-order valence-corrected chi connectivity index (χ4v) is 2.54. The molecule has 0 amide bonds. The van der Waals surface area contributed by atoms with Crippen LogP contribution in [0.1, 0.15) is 18.7 Å². The molecule has 1 saturated carbocycles. The predicted molar refractivity (Wildman–Crippen MR) is 66.1 cm³/mol. The summed E-state index contributed by atoms with van der Waals surface area (Å²) < 4.78 is 0.664. The lowest BCUT2D eigenvalue weighted by molar-refractivity contribution is 0.229. The molecule has 1 aliphatic carbocycles. The van der Waals surface area contributed by atoms with E-state index in [1.807, 2.05) is 11.4 Å². The molecule has 5 nitrogen and oxygen atoms in total. The van der Waals surface area contributed by atoms with Gasteiger partial charge in [-0.25, -0.2) is 4.98 Å². The number of fused-ring (bicyclic) bond motifs is 1. The van der Waals surface area contributed by atoms with Gasteiger partial charge in [0.15, 0.2) is 0 Å². The molecule has 0 bridgehead atoms. The highest BCUT2D eigenvalue weighted by Crippen LogP contribution is 2.34. The van der Waals surface area contributed by atoms with Crippen LogP contribution in [0.2, 0.25) is 0 Å². The molecular weight excluding hydrogens is 238 g/mol. The Morgan fingerprint density at radius 2 is 2.41 bits per heavy atom. The molecule has 0 unspecified atom stereocenters. The molecule has 2 aromatic rings. The van der Waals surface area contributed by atoms with Crippen molar-refractivity contribution in [3.63, 3.8) is 0 Å². The molecule has 2 heterocycles. The van der Waals surface area contributed by atoms with E-state index in [4.69, 9.17) is 0 Å². The molecule has 0 saturated heterocycles. The van der Waals surface area contributed by atoms with Crippen molar-refractivity contribution in [2.45, 2.75) is 24.9 Å². The maximum absolute atomic E-state index is 11.7. The summed E-state index contributed by atoms with van der Waals surface area (Å²) >= 11 is 1.40. The normalized spacial score (nSPS) is 17.5. The minimum atomic E-state index is -0.137. The van der Waals surface area contributed by atoms with Gasteiger partial charge in [0.1, 0.15) is 10.5 Å². The number of aliphatic hydroxyl groups excluding tert-OH is 1. The second-order valence-corrected chi connectivity index (χ2v) is 5.36. The minimum absolute atomic E-state index is 0.0874. The Labute approximate surface area is 102 Å². The van der Waals surface area contributed by atoms with Gasteiger partial charge in [-0.05, 0) is 24.3 Å². The maximum Gasteiger partial charge on any atom is 0.268 e. The smallest absolute Gasteiger partial charge is 0.268 e. The van der Waals surface area contributed by atoms with Crippen LogP contribution in [0.3, 0.4) is 0 Å². The number of nitrogens with zero attached hydrogens (tertiary/aromatic N) is 1. The fourth-order valence-electron chi connectivity index (χ4n) is 1.82. The molecule has 0 aliphatic heterocycles. The molecule has 6 heteroatoms. The summed E-state index contributed by atoms with van der Waals surface area (Å²) in [5.74, 6) is 0.626. The summed E-state index contributed by atoms with van der Waals surface area (Å²) in [7, 11) is 0. The van der Waals surface area contributed by atoms with Crippen molar-refractivity contribution >= 4 is 21.6 Å². The molecule has 90 valence electrons. The van der Waals surface area contributed by atoms with E-state index >= 15 is 0 Å². The standard InChI is InChI=1S/C11H13N3O2S/c15-6-11(2-3-11)12-5-8-13-7-1-4-17-9(7)10(16)14-8/h1,4,12,15H,2-3,5-6H2,(H,13,14,16). The summed E-state index contributed by atoms with van der Waals surface area (Å²) in [6.07, 6.45) is 1.96. The number of H-pyrrole nitrogens is 1. The molecule has 0 radical (unpaired) electrons. The summed E-state index contributed by atoms with van der Waals surface area (Å²) in [6.45, 7) is 0.625. The molecule has 0 aromatic carbocycles. The minimum Gasteiger partial charge on any atom is -0.394 e. The van der Waals surface area contributed by atoms with E-state index in [0.717, 1.165) is 18.4 Å². The largest absolute Gasteiger partial charge is 0.394 e. The van der Waals surface area contributed by atoms with E-state index in [9.17, 15) is 9.90 Å². The van der Waals surface area contributed by atoms with Gasteiger partial charge in [0.2, 0.25) is 0 Å². The van der Waals surface area contributed by atoms with Crippen molar-refractivity contribution in [2.24, 2.45) is 0 Å². The summed E-state index contributed by atoms with van der Waals surface area (Å²) in [6, 6.07) is 1.84. The van der Waals surface area contributed by atoms with Gasteiger partial charge < -0.3 is 15.4 Å². The van der Waals surface area contributed by atoms with Gasteiger partial charge in [-0.3, -0.25) is 4.79 Å². The average Bonchev–Trinajstić information content (AvgIpc) is 2.96.